The standard InChI is InChI=1S/C9H13N.C3H4O4/c1-6-4-7(2)9(10)8(3)5-6;4-2(5)1-3(6)7/h4-5H,10H2,1-3H3;1H2,(H,4,5)(H,6,7). The molecule has 0 fully saturated rings. The Morgan fingerprint density at radius 3 is 1.88 bits per heavy atom. The molecule has 5 nitrogen and oxygen atoms in total. The maximum absolute atomic E-state index is 9.39. The van der Waals surface area contributed by atoms with Crippen LogP contribution in [-0.4, -0.2) is 17.0 Å². The summed E-state index contributed by atoms with van der Waals surface area (Å²) in [5.41, 5.74) is 9.03. The number of rotatable bonds is 2. The van der Waals surface area contributed by atoms with Gasteiger partial charge in [0.15, 0.2) is 0 Å². The molecule has 0 radical (unpaired) electrons. The van der Waals surface area contributed by atoms with E-state index in [1.807, 2.05) is 0 Å². The van der Waals surface area contributed by atoms with E-state index in [1.165, 1.54) is 22.4 Å². The van der Waals surface area contributed by atoms with Crippen molar-refractivity contribution in [1.29, 1.82) is 0 Å². The topological polar surface area (TPSA) is 105 Å². The van der Waals surface area contributed by atoms with Gasteiger partial charge >= 0.3 is 5.97 Å². The molecule has 5 heteroatoms. The average Bonchev–Trinajstić information content (AvgIpc) is 2.12. The highest BCUT2D eigenvalue weighted by Crippen LogP contribution is 2.15. The SMILES string of the molecule is Cc1cc(C)c([NH3+])c(C)c1.O=C([O-])CC(=O)O. The van der Waals surface area contributed by atoms with Gasteiger partial charge in [-0.3, -0.25) is 4.79 Å². The van der Waals surface area contributed by atoms with Gasteiger partial charge in [-0.15, -0.1) is 0 Å². The number of aliphatic carboxylic acids is 2. The summed E-state index contributed by atoms with van der Waals surface area (Å²) in [4.78, 5) is 18.7. The second-order valence-electron chi connectivity index (χ2n) is 3.82. The Morgan fingerprint density at radius 1 is 1.24 bits per heavy atom. The van der Waals surface area contributed by atoms with E-state index in [0.717, 1.165) is 0 Å². The van der Waals surface area contributed by atoms with Crippen LogP contribution in [0.5, 0.6) is 0 Å². The summed E-state index contributed by atoms with van der Waals surface area (Å²) in [7, 11) is 0. The number of carbonyl (C=O) groups is 2. The normalized spacial score (nSPS) is 9.18. The van der Waals surface area contributed by atoms with Crippen LogP contribution in [0.3, 0.4) is 0 Å². The van der Waals surface area contributed by atoms with Gasteiger partial charge in [-0.2, -0.15) is 0 Å². The summed E-state index contributed by atoms with van der Waals surface area (Å²) in [6.07, 6.45) is -0.917. The Morgan fingerprint density at radius 2 is 1.65 bits per heavy atom. The Labute approximate surface area is 99.9 Å². The van der Waals surface area contributed by atoms with E-state index in [2.05, 4.69) is 38.6 Å². The van der Waals surface area contributed by atoms with Crippen LogP contribution in [0.4, 0.5) is 5.69 Å². The fourth-order valence-electron chi connectivity index (χ4n) is 1.33. The zero-order chi connectivity index (χ0) is 13.6. The Kier molecular flexibility index (Phi) is 5.91. The van der Waals surface area contributed by atoms with Crippen LogP contribution < -0.4 is 10.8 Å². The Bertz CT molecular complexity index is 392. The molecule has 94 valence electrons. The van der Waals surface area contributed by atoms with Crippen LogP contribution in [0, 0.1) is 20.8 Å². The number of carboxylic acids is 2. The van der Waals surface area contributed by atoms with Crippen molar-refractivity contribution in [3.8, 4) is 0 Å². The Balaban J connectivity index is 0.000000325. The molecule has 0 spiro atoms. The summed E-state index contributed by atoms with van der Waals surface area (Å²) >= 11 is 0. The van der Waals surface area contributed by atoms with Crippen molar-refractivity contribution in [2.45, 2.75) is 27.2 Å². The molecule has 0 heterocycles. The van der Waals surface area contributed by atoms with E-state index >= 15 is 0 Å². The maximum Gasteiger partial charge on any atom is 0.309 e. The molecule has 0 bridgehead atoms. The maximum atomic E-state index is 9.39. The number of benzene rings is 1. The lowest BCUT2D eigenvalue weighted by atomic mass is 10.1. The van der Waals surface area contributed by atoms with Crippen molar-refractivity contribution >= 4 is 17.6 Å². The van der Waals surface area contributed by atoms with Gasteiger partial charge < -0.3 is 20.7 Å². The fourth-order valence-corrected chi connectivity index (χ4v) is 1.33. The second kappa shape index (κ2) is 6.65. The smallest absolute Gasteiger partial charge is 0.309 e. The van der Waals surface area contributed by atoms with E-state index in [0.29, 0.717) is 0 Å². The third kappa shape index (κ3) is 6.32. The molecule has 0 unspecified atom stereocenters. The zero-order valence-corrected chi connectivity index (χ0v) is 10.2. The monoisotopic (exact) mass is 239 g/mol. The first kappa shape index (κ1) is 15.1. The summed E-state index contributed by atoms with van der Waals surface area (Å²) in [5, 5.41) is 17.0. The fraction of sp³-hybridized carbons (Fsp3) is 0.333. The molecule has 0 saturated carbocycles. The van der Waals surface area contributed by atoms with E-state index < -0.39 is 18.4 Å². The lowest BCUT2D eigenvalue weighted by molar-refractivity contribution is -0.305. The molecule has 1 rings (SSSR count). The van der Waals surface area contributed by atoms with E-state index in [1.54, 1.807) is 0 Å². The Hall–Kier alpha value is -1.88. The summed E-state index contributed by atoms with van der Waals surface area (Å²) in [6.45, 7) is 6.31. The predicted octanol–water partition coefficient (Wildman–Crippen LogP) is -0.304. The highest BCUT2D eigenvalue weighted by molar-refractivity contribution is 5.87. The molecular formula is C12H17NO4. The number of hydrogen-bond donors (Lipinski definition) is 2. The van der Waals surface area contributed by atoms with Crippen molar-refractivity contribution < 1.29 is 25.5 Å². The highest BCUT2D eigenvalue weighted by atomic mass is 16.4. The third-order valence-electron chi connectivity index (χ3n) is 2.14. The van der Waals surface area contributed by atoms with Gasteiger partial charge in [0.2, 0.25) is 0 Å². The van der Waals surface area contributed by atoms with Gasteiger partial charge in [0.1, 0.15) is 5.69 Å². The van der Waals surface area contributed by atoms with Gasteiger partial charge in [0, 0.05) is 11.1 Å². The lowest BCUT2D eigenvalue weighted by Crippen LogP contribution is -2.42. The van der Waals surface area contributed by atoms with Crippen molar-refractivity contribution in [3.63, 3.8) is 0 Å². The average molecular weight is 239 g/mol. The molecule has 17 heavy (non-hydrogen) atoms. The molecule has 4 N–H and O–H groups in total. The first-order chi connectivity index (χ1) is 7.73. The predicted molar refractivity (Wildman–Crippen MR) is 60.5 cm³/mol. The van der Waals surface area contributed by atoms with E-state index in [9.17, 15) is 14.7 Å². The minimum Gasteiger partial charge on any atom is -0.550 e. The lowest BCUT2D eigenvalue weighted by Gasteiger charge is -2.00. The van der Waals surface area contributed by atoms with Crippen LogP contribution in [0.2, 0.25) is 0 Å². The van der Waals surface area contributed by atoms with E-state index in [-0.39, 0.29) is 0 Å². The van der Waals surface area contributed by atoms with Crippen molar-refractivity contribution in [2.24, 2.45) is 0 Å². The van der Waals surface area contributed by atoms with Crippen LogP contribution >= 0.6 is 0 Å². The van der Waals surface area contributed by atoms with Crippen molar-refractivity contribution in [3.05, 3.63) is 28.8 Å². The van der Waals surface area contributed by atoms with Crippen LogP contribution in [0.15, 0.2) is 12.1 Å². The number of aryl methyl sites for hydroxylation is 3. The molecule has 0 saturated heterocycles. The van der Waals surface area contributed by atoms with Crippen LogP contribution in [0.1, 0.15) is 23.1 Å². The first-order valence-corrected chi connectivity index (χ1v) is 5.05. The number of quaternary nitrogens is 1. The molecule has 0 aliphatic heterocycles. The first-order valence-electron chi connectivity index (χ1n) is 5.05. The number of carboxylic acid groups (broad SMARTS) is 2. The summed E-state index contributed by atoms with van der Waals surface area (Å²) in [5.74, 6) is -2.94. The number of hydrogen-bond acceptors (Lipinski definition) is 3. The molecule has 0 aliphatic carbocycles. The largest absolute Gasteiger partial charge is 0.550 e. The molecule has 0 aliphatic rings. The molecule has 0 aromatic heterocycles. The minimum atomic E-state index is -1.56. The van der Waals surface area contributed by atoms with Gasteiger partial charge in [0.25, 0.3) is 0 Å². The van der Waals surface area contributed by atoms with Crippen molar-refractivity contribution in [2.75, 3.05) is 0 Å². The van der Waals surface area contributed by atoms with Crippen LogP contribution in [0.25, 0.3) is 0 Å². The molecule has 0 amide bonds. The molecule has 1 aromatic rings. The second-order valence-corrected chi connectivity index (χ2v) is 3.82. The van der Waals surface area contributed by atoms with Crippen molar-refractivity contribution in [1.82, 2.24) is 0 Å². The minimum absolute atomic E-state index is 0.917. The third-order valence-corrected chi connectivity index (χ3v) is 2.14. The van der Waals surface area contributed by atoms with Gasteiger partial charge in [-0.1, -0.05) is 17.7 Å². The van der Waals surface area contributed by atoms with Gasteiger partial charge in [-0.25, -0.2) is 0 Å². The van der Waals surface area contributed by atoms with Crippen LogP contribution in [-0.2, 0) is 9.59 Å². The summed E-state index contributed by atoms with van der Waals surface area (Å²) < 4.78 is 0. The number of carbonyl (C=O) groups excluding carboxylic acids is 1. The summed E-state index contributed by atoms with van der Waals surface area (Å²) in [6, 6.07) is 4.32. The van der Waals surface area contributed by atoms with Gasteiger partial charge in [-0.05, 0) is 20.8 Å². The molecular weight excluding hydrogens is 222 g/mol. The quantitative estimate of drug-likeness (QED) is 0.691. The highest BCUT2D eigenvalue weighted by Gasteiger charge is 2.00. The van der Waals surface area contributed by atoms with Gasteiger partial charge in [0.05, 0.1) is 12.4 Å². The molecule has 0 atom stereocenters. The zero-order valence-electron chi connectivity index (χ0n) is 10.2. The molecule has 1 aromatic carbocycles. The van der Waals surface area contributed by atoms with E-state index in [4.69, 9.17) is 5.11 Å².